The van der Waals surface area contributed by atoms with Crippen LogP contribution in [0.2, 0.25) is 0 Å². The predicted molar refractivity (Wildman–Crippen MR) is 238 cm³/mol. The molecule has 1 heteroatoms. The Balaban J connectivity index is 0.919. The summed E-state index contributed by atoms with van der Waals surface area (Å²) in [5.41, 5.74) is 17.9. The van der Waals surface area contributed by atoms with E-state index in [2.05, 4.69) is 158 Å². The lowest BCUT2D eigenvalue weighted by atomic mass is 9.48. The minimum Gasteiger partial charge on any atom is -0.310 e. The standard InChI is InChI=1S/C56H55N/c1-55(2)53-24-15-44(43-10-6-9-42(30-43)40-7-4-3-5-8-40)31-52(53)50-23-22-49(32-54(50)55)57(47-18-13-41(14-19-47)51-29-36-11-12-45(51)28-36)48-20-16-46(17-21-48)56-33-37-25-38(34-56)27-39(26-37)35-56/h3-10,13-24,30-32,36-39,45,51H,11-12,25-29,33-35H2,1-2H3. The van der Waals surface area contributed by atoms with Gasteiger partial charge in [-0.05, 0) is 203 Å². The van der Waals surface area contributed by atoms with Gasteiger partial charge in [0.2, 0.25) is 0 Å². The van der Waals surface area contributed by atoms with E-state index in [0.717, 1.165) is 35.5 Å². The highest BCUT2D eigenvalue weighted by molar-refractivity contribution is 5.88. The van der Waals surface area contributed by atoms with Crippen LogP contribution in [0.25, 0.3) is 33.4 Å². The molecule has 0 heterocycles. The number of fused-ring (bicyclic) bond motifs is 5. The first-order valence-corrected chi connectivity index (χ1v) is 22.3. The number of nitrogens with zero attached hydrogens (tertiary/aromatic N) is 1. The first kappa shape index (κ1) is 34.2. The average Bonchev–Trinajstić information content (AvgIpc) is 3.94. The van der Waals surface area contributed by atoms with E-state index in [1.165, 1.54) is 126 Å². The molecule has 1 nitrogen and oxygen atoms in total. The van der Waals surface area contributed by atoms with Gasteiger partial charge in [-0.1, -0.05) is 111 Å². The second-order valence-corrected chi connectivity index (χ2v) is 20.0. The van der Waals surface area contributed by atoms with Crippen LogP contribution in [0.3, 0.4) is 0 Å². The van der Waals surface area contributed by atoms with Gasteiger partial charge in [0.25, 0.3) is 0 Å². The maximum atomic E-state index is 2.55. The Morgan fingerprint density at radius 2 is 1.09 bits per heavy atom. The van der Waals surface area contributed by atoms with Crippen molar-refractivity contribution in [2.75, 3.05) is 4.90 Å². The van der Waals surface area contributed by atoms with Gasteiger partial charge in [0.1, 0.15) is 0 Å². The van der Waals surface area contributed by atoms with Gasteiger partial charge in [0.05, 0.1) is 0 Å². The SMILES string of the molecule is CC1(C)c2ccc(-c3cccc(-c4ccccc4)c3)cc2-c2ccc(N(c3ccc(C4CC5CCC4C5)cc3)c3ccc(C45CC6CC(CC(C6)C4)C5)cc3)cc21. The molecule has 0 spiro atoms. The third-order valence-corrected chi connectivity index (χ3v) is 16.3. The molecule has 0 radical (unpaired) electrons. The van der Waals surface area contributed by atoms with Gasteiger partial charge >= 0.3 is 0 Å². The largest absolute Gasteiger partial charge is 0.310 e. The Morgan fingerprint density at radius 1 is 0.456 bits per heavy atom. The number of hydrogen-bond donors (Lipinski definition) is 0. The van der Waals surface area contributed by atoms with Gasteiger partial charge in [-0.25, -0.2) is 0 Å². The summed E-state index contributed by atoms with van der Waals surface area (Å²) in [6.07, 6.45) is 14.4. The summed E-state index contributed by atoms with van der Waals surface area (Å²) < 4.78 is 0. The minimum atomic E-state index is -0.106. The molecular weight excluding hydrogens is 687 g/mol. The first-order chi connectivity index (χ1) is 27.9. The molecule has 3 unspecified atom stereocenters. The quantitative estimate of drug-likeness (QED) is 0.157. The van der Waals surface area contributed by atoms with Gasteiger partial charge in [-0.2, -0.15) is 0 Å². The van der Waals surface area contributed by atoms with E-state index in [0.29, 0.717) is 5.41 Å². The van der Waals surface area contributed by atoms with Crippen LogP contribution in [0.15, 0.2) is 140 Å². The molecule has 13 rings (SSSR count). The predicted octanol–water partition coefficient (Wildman–Crippen LogP) is 15.2. The summed E-state index contributed by atoms with van der Waals surface area (Å²) in [5.74, 6) is 5.46. The Bertz CT molecular complexity index is 2450. The Morgan fingerprint density at radius 3 is 1.75 bits per heavy atom. The summed E-state index contributed by atoms with van der Waals surface area (Å²) in [4.78, 5) is 2.55. The Hall–Kier alpha value is -4.88. The summed E-state index contributed by atoms with van der Waals surface area (Å²) in [7, 11) is 0. The molecule has 57 heavy (non-hydrogen) atoms. The zero-order valence-corrected chi connectivity index (χ0v) is 33.8. The molecule has 3 atom stereocenters. The molecule has 6 aromatic rings. The number of anilines is 3. The van der Waals surface area contributed by atoms with Crippen LogP contribution < -0.4 is 4.90 Å². The lowest BCUT2D eigenvalue weighted by Crippen LogP contribution is -2.48. The first-order valence-electron chi connectivity index (χ1n) is 22.3. The van der Waals surface area contributed by atoms with Crippen LogP contribution in [-0.2, 0) is 10.8 Å². The topological polar surface area (TPSA) is 3.24 Å². The monoisotopic (exact) mass is 741 g/mol. The van der Waals surface area contributed by atoms with Crippen molar-refractivity contribution in [2.24, 2.45) is 29.6 Å². The summed E-state index contributed by atoms with van der Waals surface area (Å²) in [6.45, 7) is 4.84. The number of hydrogen-bond acceptors (Lipinski definition) is 1. The lowest BCUT2D eigenvalue weighted by Gasteiger charge is -2.57. The zero-order valence-electron chi connectivity index (χ0n) is 33.8. The van der Waals surface area contributed by atoms with Crippen LogP contribution in [-0.4, -0.2) is 0 Å². The normalized spacial score (nSPS) is 28.4. The summed E-state index contributed by atoms with van der Waals surface area (Å²) in [6, 6.07) is 54.0. The van der Waals surface area contributed by atoms with E-state index in [1.54, 1.807) is 11.1 Å². The molecule has 7 aliphatic carbocycles. The molecule has 6 bridgehead atoms. The fraction of sp³-hybridized carbons (Fsp3) is 0.357. The smallest absolute Gasteiger partial charge is 0.0465 e. The molecule has 0 N–H and O–H groups in total. The molecule has 0 aromatic heterocycles. The summed E-state index contributed by atoms with van der Waals surface area (Å²) in [5, 5.41) is 0. The highest BCUT2D eigenvalue weighted by atomic mass is 15.1. The van der Waals surface area contributed by atoms with E-state index >= 15 is 0 Å². The van der Waals surface area contributed by atoms with Gasteiger partial charge in [0.15, 0.2) is 0 Å². The van der Waals surface area contributed by atoms with Crippen LogP contribution in [0, 0.1) is 29.6 Å². The van der Waals surface area contributed by atoms with Crippen molar-refractivity contribution in [3.05, 3.63) is 162 Å². The van der Waals surface area contributed by atoms with Crippen molar-refractivity contribution in [3.8, 4) is 33.4 Å². The van der Waals surface area contributed by atoms with Crippen molar-refractivity contribution in [1.29, 1.82) is 0 Å². The van der Waals surface area contributed by atoms with Crippen molar-refractivity contribution < 1.29 is 0 Å². The van der Waals surface area contributed by atoms with Gasteiger partial charge in [0, 0.05) is 22.5 Å². The number of benzene rings is 6. The molecule has 6 saturated carbocycles. The maximum absolute atomic E-state index is 2.55. The van der Waals surface area contributed by atoms with E-state index in [9.17, 15) is 0 Å². The van der Waals surface area contributed by atoms with Gasteiger partial charge < -0.3 is 4.90 Å². The second kappa shape index (κ2) is 12.8. The molecule has 284 valence electrons. The number of rotatable bonds is 7. The van der Waals surface area contributed by atoms with Crippen molar-refractivity contribution >= 4 is 17.1 Å². The van der Waals surface area contributed by atoms with Crippen LogP contribution in [0.4, 0.5) is 17.1 Å². The fourth-order valence-electron chi connectivity index (χ4n) is 14.0. The highest BCUT2D eigenvalue weighted by Gasteiger charge is 2.51. The van der Waals surface area contributed by atoms with Gasteiger partial charge in [-0.15, -0.1) is 0 Å². The van der Waals surface area contributed by atoms with Crippen molar-refractivity contribution in [1.82, 2.24) is 0 Å². The Labute approximate surface area is 340 Å². The van der Waals surface area contributed by atoms with E-state index in [-0.39, 0.29) is 5.41 Å². The molecule has 0 amide bonds. The molecule has 7 aliphatic rings. The molecular formula is C56H55N. The lowest BCUT2D eigenvalue weighted by molar-refractivity contribution is -0.00518. The second-order valence-electron chi connectivity index (χ2n) is 20.0. The van der Waals surface area contributed by atoms with E-state index in [1.807, 2.05) is 0 Å². The third-order valence-electron chi connectivity index (χ3n) is 16.3. The van der Waals surface area contributed by atoms with Crippen molar-refractivity contribution in [2.45, 2.75) is 94.8 Å². The van der Waals surface area contributed by atoms with Crippen molar-refractivity contribution in [3.63, 3.8) is 0 Å². The maximum Gasteiger partial charge on any atom is 0.0465 e. The molecule has 6 aromatic carbocycles. The fourth-order valence-corrected chi connectivity index (χ4v) is 14.0. The van der Waals surface area contributed by atoms with Crippen LogP contribution in [0.1, 0.15) is 106 Å². The molecule has 6 fully saturated rings. The van der Waals surface area contributed by atoms with Crippen LogP contribution >= 0.6 is 0 Å². The molecule has 0 saturated heterocycles. The zero-order chi connectivity index (χ0) is 37.9. The highest BCUT2D eigenvalue weighted by Crippen LogP contribution is 2.61. The van der Waals surface area contributed by atoms with Crippen LogP contribution in [0.5, 0.6) is 0 Å². The molecule has 0 aliphatic heterocycles. The minimum absolute atomic E-state index is 0.106. The Kier molecular flexibility index (Phi) is 7.68. The van der Waals surface area contributed by atoms with Gasteiger partial charge in [-0.3, -0.25) is 0 Å². The summed E-state index contributed by atoms with van der Waals surface area (Å²) >= 11 is 0. The van der Waals surface area contributed by atoms with E-state index < -0.39 is 0 Å². The average molecular weight is 742 g/mol. The van der Waals surface area contributed by atoms with E-state index in [4.69, 9.17) is 0 Å². The third kappa shape index (κ3) is 5.55.